The zero-order valence-electron chi connectivity index (χ0n) is 9.04. The summed E-state index contributed by atoms with van der Waals surface area (Å²) < 4.78 is 2.61. The van der Waals surface area contributed by atoms with E-state index in [1.54, 1.807) is 4.68 Å². The Kier molecular flexibility index (Phi) is 3.66. The van der Waals surface area contributed by atoms with Crippen LogP contribution in [0.5, 0.6) is 0 Å². The Labute approximate surface area is 118 Å². The quantitative estimate of drug-likeness (QED) is 0.905. The van der Waals surface area contributed by atoms with Gasteiger partial charge in [0.2, 0.25) is 0 Å². The second-order valence-electron chi connectivity index (χ2n) is 3.68. The number of hydrogen-bond donors (Lipinski definition) is 1. The molecule has 0 aliphatic heterocycles. The van der Waals surface area contributed by atoms with E-state index >= 15 is 0 Å². The topological polar surface area (TPSA) is 43.8 Å². The number of aryl methyl sites for hydroxylation is 1. The molecule has 0 aliphatic carbocycles. The molecule has 3 nitrogen and oxygen atoms in total. The minimum atomic E-state index is 0.459. The molecule has 0 aliphatic rings. The van der Waals surface area contributed by atoms with E-state index in [0.29, 0.717) is 22.4 Å². The zero-order chi connectivity index (χ0) is 12.6. The molecule has 2 N–H and O–H groups in total. The number of anilines is 1. The summed E-state index contributed by atoms with van der Waals surface area (Å²) in [6, 6.07) is 5.65. The van der Waals surface area contributed by atoms with Crippen molar-refractivity contribution in [3.8, 4) is 0 Å². The largest absolute Gasteiger partial charge is 0.383 e. The minimum absolute atomic E-state index is 0.459. The number of nitrogens with zero attached hydrogens (tertiary/aromatic N) is 2. The summed E-state index contributed by atoms with van der Waals surface area (Å²) in [5.74, 6) is 0.459. The van der Waals surface area contributed by atoms with E-state index in [9.17, 15) is 0 Å². The summed E-state index contributed by atoms with van der Waals surface area (Å²) in [5, 5.41) is 5.44. The molecular formula is C11H10BrCl2N3. The fraction of sp³-hybridized carbons (Fsp3) is 0.182. The predicted molar refractivity (Wildman–Crippen MR) is 74.6 cm³/mol. The number of aromatic nitrogens is 2. The lowest BCUT2D eigenvalue weighted by molar-refractivity contribution is 0.689. The van der Waals surface area contributed by atoms with E-state index in [1.807, 2.05) is 25.1 Å². The Hall–Kier alpha value is -0.710. The Balaban J connectivity index is 2.37. The molecule has 90 valence electrons. The zero-order valence-corrected chi connectivity index (χ0v) is 12.1. The Morgan fingerprint density at radius 1 is 1.41 bits per heavy atom. The molecule has 0 amide bonds. The van der Waals surface area contributed by atoms with Gasteiger partial charge in [-0.2, -0.15) is 5.10 Å². The smallest absolute Gasteiger partial charge is 0.141 e. The van der Waals surface area contributed by atoms with Crippen LogP contribution >= 0.6 is 39.1 Å². The van der Waals surface area contributed by atoms with Crippen LogP contribution in [0.1, 0.15) is 11.3 Å². The molecule has 0 radical (unpaired) electrons. The summed E-state index contributed by atoms with van der Waals surface area (Å²) in [5.41, 5.74) is 7.51. The van der Waals surface area contributed by atoms with Crippen LogP contribution in [0.15, 0.2) is 22.7 Å². The predicted octanol–water partition coefficient (Wildman–Crippen LogP) is 3.89. The van der Waals surface area contributed by atoms with Crippen LogP contribution in [0.25, 0.3) is 0 Å². The van der Waals surface area contributed by atoms with Crippen LogP contribution in [0, 0.1) is 6.92 Å². The molecular weight excluding hydrogens is 325 g/mol. The van der Waals surface area contributed by atoms with Gasteiger partial charge in [-0.15, -0.1) is 0 Å². The summed E-state index contributed by atoms with van der Waals surface area (Å²) in [6.07, 6.45) is 0. The van der Waals surface area contributed by atoms with Gasteiger partial charge >= 0.3 is 0 Å². The molecule has 0 unspecified atom stereocenters. The second-order valence-corrected chi connectivity index (χ2v) is 5.38. The van der Waals surface area contributed by atoms with Gasteiger partial charge in [0.15, 0.2) is 0 Å². The summed E-state index contributed by atoms with van der Waals surface area (Å²) in [6.45, 7) is 2.31. The third kappa shape index (κ3) is 2.59. The standard InChI is InChI=1S/C11H10BrCl2N3/c1-6-10(14)11(15)17(16-6)5-7-4-8(12)2-3-9(7)13/h2-4H,5,15H2,1H3. The highest BCUT2D eigenvalue weighted by molar-refractivity contribution is 9.10. The molecule has 1 aromatic carbocycles. The van der Waals surface area contributed by atoms with Crippen LogP contribution in [-0.4, -0.2) is 9.78 Å². The first-order valence-electron chi connectivity index (χ1n) is 4.91. The average Bonchev–Trinajstić information content (AvgIpc) is 2.52. The van der Waals surface area contributed by atoms with Gasteiger partial charge in [-0.25, -0.2) is 4.68 Å². The molecule has 17 heavy (non-hydrogen) atoms. The summed E-state index contributed by atoms with van der Waals surface area (Å²) in [7, 11) is 0. The second kappa shape index (κ2) is 4.88. The van der Waals surface area contributed by atoms with E-state index < -0.39 is 0 Å². The van der Waals surface area contributed by atoms with Crippen molar-refractivity contribution in [1.29, 1.82) is 0 Å². The van der Waals surface area contributed by atoms with Crippen molar-refractivity contribution in [2.24, 2.45) is 0 Å². The van der Waals surface area contributed by atoms with E-state index in [-0.39, 0.29) is 0 Å². The van der Waals surface area contributed by atoms with Crippen molar-refractivity contribution in [1.82, 2.24) is 9.78 Å². The Morgan fingerprint density at radius 3 is 2.71 bits per heavy atom. The first-order valence-corrected chi connectivity index (χ1v) is 6.46. The average molecular weight is 335 g/mol. The number of halogens is 3. The van der Waals surface area contributed by atoms with Gasteiger partial charge in [0.1, 0.15) is 10.8 Å². The lowest BCUT2D eigenvalue weighted by Crippen LogP contribution is -2.06. The number of nitrogen functional groups attached to an aromatic ring is 1. The molecule has 0 saturated carbocycles. The highest BCUT2D eigenvalue weighted by Gasteiger charge is 2.11. The van der Waals surface area contributed by atoms with Gasteiger partial charge in [0, 0.05) is 9.50 Å². The maximum atomic E-state index is 6.11. The molecule has 1 aromatic heterocycles. The van der Waals surface area contributed by atoms with Crippen LogP contribution in [0.4, 0.5) is 5.82 Å². The Morgan fingerprint density at radius 2 is 2.12 bits per heavy atom. The van der Waals surface area contributed by atoms with E-state index in [1.165, 1.54) is 0 Å². The molecule has 0 spiro atoms. The van der Waals surface area contributed by atoms with Crippen LogP contribution < -0.4 is 5.73 Å². The van der Waals surface area contributed by atoms with Crippen LogP contribution in [-0.2, 0) is 6.54 Å². The number of rotatable bonds is 2. The monoisotopic (exact) mass is 333 g/mol. The normalized spacial score (nSPS) is 10.8. The fourth-order valence-corrected chi connectivity index (χ4v) is 2.25. The van der Waals surface area contributed by atoms with E-state index in [4.69, 9.17) is 28.9 Å². The molecule has 0 bridgehead atoms. The van der Waals surface area contributed by atoms with Crippen molar-refractivity contribution in [2.45, 2.75) is 13.5 Å². The SMILES string of the molecule is Cc1nn(Cc2cc(Br)ccc2Cl)c(N)c1Cl. The fourth-order valence-electron chi connectivity index (χ4n) is 1.52. The molecule has 2 aromatic rings. The van der Waals surface area contributed by atoms with Gasteiger partial charge in [-0.3, -0.25) is 0 Å². The van der Waals surface area contributed by atoms with Gasteiger partial charge in [0.25, 0.3) is 0 Å². The van der Waals surface area contributed by atoms with Crippen LogP contribution in [0.3, 0.4) is 0 Å². The third-order valence-electron chi connectivity index (χ3n) is 2.42. The van der Waals surface area contributed by atoms with Gasteiger partial charge < -0.3 is 5.73 Å². The number of benzene rings is 1. The van der Waals surface area contributed by atoms with Crippen molar-refractivity contribution in [3.05, 3.63) is 44.0 Å². The molecule has 6 heteroatoms. The van der Waals surface area contributed by atoms with Gasteiger partial charge in [0.05, 0.1) is 12.2 Å². The van der Waals surface area contributed by atoms with Crippen molar-refractivity contribution >= 4 is 44.9 Å². The third-order valence-corrected chi connectivity index (χ3v) is 3.75. The maximum Gasteiger partial charge on any atom is 0.141 e. The highest BCUT2D eigenvalue weighted by Crippen LogP contribution is 2.26. The van der Waals surface area contributed by atoms with Gasteiger partial charge in [-0.1, -0.05) is 39.1 Å². The van der Waals surface area contributed by atoms with Gasteiger partial charge in [-0.05, 0) is 30.7 Å². The lowest BCUT2D eigenvalue weighted by Gasteiger charge is -2.07. The number of hydrogen-bond acceptors (Lipinski definition) is 2. The minimum Gasteiger partial charge on any atom is -0.383 e. The highest BCUT2D eigenvalue weighted by atomic mass is 79.9. The van der Waals surface area contributed by atoms with E-state index in [0.717, 1.165) is 15.7 Å². The molecule has 2 rings (SSSR count). The number of nitrogens with two attached hydrogens (primary N) is 1. The van der Waals surface area contributed by atoms with Crippen molar-refractivity contribution in [2.75, 3.05) is 5.73 Å². The van der Waals surface area contributed by atoms with Crippen molar-refractivity contribution in [3.63, 3.8) is 0 Å². The first-order chi connectivity index (χ1) is 7.99. The lowest BCUT2D eigenvalue weighted by atomic mass is 10.2. The molecule has 1 heterocycles. The summed E-state index contributed by atoms with van der Waals surface area (Å²) in [4.78, 5) is 0. The summed E-state index contributed by atoms with van der Waals surface area (Å²) >= 11 is 15.5. The van der Waals surface area contributed by atoms with E-state index in [2.05, 4.69) is 21.0 Å². The molecule has 0 fully saturated rings. The first kappa shape index (κ1) is 12.7. The molecule has 0 saturated heterocycles. The maximum absolute atomic E-state index is 6.11. The Bertz CT molecular complexity index is 566. The van der Waals surface area contributed by atoms with Crippen molar-refractivity contribution < 1.29 is 0 Å². The molecule has 0 atom stereocenters. The van der Waals surface area contributed by atoms with Crippen LogP contribution in [0.2, 0.25) is 10.0 Å².